The van der Waals surface area contributed by atoms with Crippen LogP contribution in [0.1, 0.15) is 4.88 Å². The van der Waals surface area contributed by atoms with Gasteiger partial charge in [-0.2, -0.15) is 0 Å². The zero-order valence-corrected chi connectivity index (χ0v) is 9.68. The lowest BCUT2D eigenvalue weighted by Gasteiger charge is -2.06. The minimum atomic E-state index is -0.267. The van der Waals surface area contributed by atoms with Crippen LogP contribution in [0.5, 0.6) is 5.75 Å². The first kappa shape index (κ1) is 11.1. The van der Waals surface area contributed by atoms with Crippen molar-refractivity contribution in [2.24, 2.45) is 5.73 Å². The van der Waals surface area contributed by atoms with Crippen LogP contribution in [0.3, 0.4) is 0 Å². The van der Waals surface area contributed by atoms with Crippen molar-refractivity contribution < 1.29 is 9.13 Å². The molecule has 1 heterocycles. The van der Waals surface area contributed by atoms with E-state index >= 15 is 0 Å². The van der Waals surface area contributed by atoms with Crippen molar-refractivity contribution in [2.75, 3.05) is 7.11 Å². The van der Waals surface area contributed by atoms with E-state index in [9.17, 15) is 4.39 Å². The number of halogens is 1. The second-order valence-electron chi connectivity index (χ2n) is 3.35. The van der Waals surface area contributed by atoms with Gasteiger partial charge < -0.3 is 10.5 Å². The summed E-state index contributed by atoms with van der Waals surface area (Å²) in [5.41, 5.74) is 7.26. The topological polar surface area (TPSA) is 35.2 Å². The first-order valence-corrected chi connectivity index (χ1v) is 5.74. The number of hydrogen-bond donors (Lipinski definition) is 1. The molecule has 2 N–H and O–H groups in total. The number of methoxy groups -OCH3 is 1. The van der Waals surface area contributed by atoms with Crippen LogP contribution in [0, 0.1) is 5.82 Å². The molecule has 0 unspecified atom stereocenters. The van der Waals surface area contributed by atoms with E-state index in [-0.39, 0.29) is 5.82 Å². The number of thiophene rings is 1. The molecule has 0 amide bonds. The lowest BCUT2D eigenvalue weighted by Crippen LogP contribution is -1.92. The molecule has 2 nitrogen and oxygen atoms in total. The molecule has 84 valence electrons. The highest BCUT2D eigenvalue weighted by Gasteiger charge is 2.09. The maximum atomic E-state index is 13.2. The molecule has 1 aromatic carbocycles. The van der Waals surface area contributed by atoms with Crippen LogP contribution in [0.15, 0.2) is 29.6 Å². The van der Waals surface area contributed by atoms with Crippen LogP contribution >= 0.6 is 11.3 Å². The van der Waals surface area contributed by atoms with Crippen LogP contribution in [0.2, 0.25) is 0 Å². The quantitative estimate of drug-likeness (QED) is 0.890. The van der Waals surface area contributed by atoms with E-state index in [1.807, 2.05) is 11.4 Å². The molecule has 0 saturated carbocycles. The van der Waals surface area contributed by atoms with E-state index in [1.54, 1.807) is 24.5 Å². The molecule has 0 spiro atoms. The number of benzene rings is 1. The third kappa shape index (κ3) is 2.08. The number of hydrogen-bond acceptors (Lipinski definition) is 3. The van der Waals surface area contributed by atoms with Crippen molar-refractivity contribution in [3.63, 3.8) is 0 Å². The molecule has 16 heavy (non-hydrogen) atoms. The monoisotopic (exact) mass is 237 g/mol. The maximum absolute atomic E-state index is 13.2. The van der Waals surface area contributed by atoms with Crippen LogP contribution in [-0.4, -0.2) is 7.11 Å². The van der Waals surface area contributed by atoms with Gasteiger partial charge in [0.25, 0.3) is 0 Å². The molecule has 0 radical (unpaired) electrons. The molecular formula is C12H12FNOS. The molecule has 4 heteroatoms. The predicted octanol–water partition coefficient (Wildman–Crippen LogP) is 3.02. The van der Waals surface area contributed by atoms with Gasteiger partial charge in [0.05, 0.1) is 7.11 Å². The minimum Gasteiger partial charge on any atom is -0.496 e. The summed E-state index contributed by atoms with van der Waals surface area (Å²) < 4.78 is 18.4. The molecule has 1 aromatic heterocycles. The summed E-state index contributed by atoms with van der Waals surface area (Å²) in [6.07, 6.45) is 0. The Morgan fingerprint density at radius 3 is 2.81 bits per heavy atom. The van der Waals surface area contributed by atoms with Gasteiger partial charge >= 0.3 is 0 Å². The van der Waals surface area contributed by atoms with Gasteiger partial charge in [0, 0.05) is 17.0 Å². The summed E-state index contributed by atoms with van der Waals surface area (Å²) in [7, 11) is 1.58. The van der Waals surface area contributed by atoms with Gasteiger partial charge in [0.1, 0.15) is 11.6 Å². The van der Waals surface area contributed by atoms with Crippen molar-refractivity contribution in [1.82, 2.24) is 0 Å². The third-order valence-corrected chi connectivity index (χ3v) is 3.29. The Morgan fingerprint density at radius 2 is 2.19 bits per heavy atom. The summed E-state index contributed by atoms with van der Waals surface area (Å²) in [4.78, 5) is 1.07. The van der Waals surface area contributed by atoms with Gasteiger partial charge in [-0.1, -0.05) is 0 Å². The van der Waals surface area contributed by atoms with E-state index in [2.05, 4.69) is 0 Å². The van der Waals surface area contributed by atoms with Crippen LogP contribution in [0.4, 0.5) is 4.39 Å². The van der Waals surface area contributed by atoms with Crippen LogP contribution in [-0.2, 0) is 6.54 Å². The Bertz CT molecular complexity index is 496. The van der Waals surface area contributed by atoms with Crippen molar-refractivity contribution in [2.45, 2.75) is 6.54 Å². The third-order valence-electron chi connectivity index (χ3n) is 2.33. The standard InChI is InChI=1S/C12H12FNOS/c1-15-12-3-2-9(13)5-11(12)8-4-10(6-14)16-7-8/h2-5,7H,6,14H2,1H3. The average molecular weight is 237 g/mol. The Balaban J connectivity index is 2.49. The Morgan fingerprint density at radius 1 is 1.38 bits per heavy atom. The molecule has 0 aliphatic carbocycles. The van der Waals surface area contributed by atoms with E-state index in [0.29, 0.717) is 12.3 Å². The van der Waals surface area contributed by atoms with Crippen LogP contribution < -0.4 is 10.5 Å². The minimum absolute atomic E-state index is 0.267. The van der Waals surface area contributed by atoms with Gasteiger partial charge in [0.15, 0.2) is 0 Å². The second kappa shape index (κ2) is 4.63. The fraction of sp³-hybridized carbons (Fsp3) is 0.167. The largest absolute Gasteiger partial charge is 0.496 e. The fourth-order valence-corrected chi connectivity index (χ4v) is 2.30. The van der Waals surface area contributed by atoms with E-state index in [0.717, 1.165) is 16.0 Å². The average Bonchev–Trinajstić information content (AvgIpc) is 2.77. The zero-order chi connectivity index (χ0) is 11.5. The molecule has 0 aliphatic rings. The number of ether oxygens (including phenoxy) is 1. The number of rotatable bonds is 3. The van der Waals surface area contributed by atoms with Crippen molar-refractivity contribution >= 4 is 11.3 Å². The van der Waals surface area contributed by atoms with E-state index < -0.39 is 0 Å². The van der Waals surface area contributed by atoms with Gasteiger partial charge in [-0.3, -0.25) is 0 Å². The summed E-state index contributed by atoms with van der Waals surface area (Å²) in [5, 5.41) is 1.96. The summed E-state index contributed by atoms with van der Waals surface area (Å²) in [6.45, 7) is 0.502. The van der Waals surface area contributed by atoms with Crippen molar-refractivity contribution in [1.29, 1.82) is 0 Å². The molecule has 0 aliphatic heterocycles. The van der Waals surface area contributed by atoms with Gasteiger partial charge in [-0.15, -0.1) is 11.3 Å². The van der Waals surface area contributed by atoms with E-state index in [4.69, 9.17) is 10.5 Å². The number of nitrogens with two attached hydrogens (primary N) is 1. The first-order chi connectivity index (χ1) is 7.74. The SMILES string of the molecule is COc1ccc(F)cc1-c1csc(CN)c1. The summed E-state index contributed by atoms with van der Waals surface area (Å²) >= 11 is 1.57. The molecule has 0 fully saturated rings. The molecule has 2 rings (SSSR count). The smallest absolute Gasteiger partial charge is 0.126 e. The van der Waals surface area contributed by atoms with Gasteiger partial charge in [-0.25, -0.2) is 4.39 Å². The van der Waals surface area contributed by atoms with Gasteiger partial charge in [-0.05, 0) is 35.2 Å². The lowest BCUT2D eigenvalue weighted by molar-refractivity contribution is 0.415. The summed E-state index contributed by atoms with van der Waals surface area (Å²) in [5.74, 6) is 0.402. The predicted molar refractivity (Wildman–Crippen MR) is 64.2 cm³/mol. The molecule has 0 saturated heterocycles. The fourth-order valence-electron chi connectivity index (χ4n) is 1.53. The molecular weight excluding hydrogens is 225 g/mol. The normalized spacial score (nSPS) is 10.4. The zero-order valence-electron chi connectivity index (χ0n) is 8.87. The van der Waals surface area contributed by atoms with E-state index in [1.165, 1.54) is 12.1 Å². The Kier molecular flexibility index (Phi) is 3.22. The molecule has 0 atom stereocenters. The molecule has 0 bridgehead atoms. The first-order valence-electron chi connectivity index (χ1n) is 4.86. The highest BCUT2D eigenvalue weighted by atomic mass is 32.1. The Labute approximate surface area is 97.5 Å². The lowest BCUT2D eigenvalue weighted by atomic mass is 10.1. The maximum Gasteiger partial charge on any atom is 0.126 e. The van der Waals surface area contributed by atoms with Crippen molar-refractivity contribution in [3.8, 4) is 16.9 Å². The molecule has 2 aromatic rings. The second-order valence-corrected chi connectivity index (χ2v) is 4.35. The highest BCUT2D eigenvalue weighted by molar-refractivity contribution is 7.10. The van der Waals surface area contributed by atoms with Gasteiger partial charge in [0.2, 0.25) is 0 Å². The van der Waals surface area contributed by atoms with Crippen LogP contribution in [0.25, 0.3) is 11.1 Å². The highest BCUT2D eigenvalue weighted by Crippen LogP contribution is 2.33. The Hall–Kier alpha value is -1.39. The summed E-state index contributed by atoms with van der Waals surface area (Å²) in [6, 6.07) is 6.45. The van der Waals surface area contributed by atoms with Crippen molar-refractivity contribution in [3.05, 3.63) is 40.3 Å².